The molecule has 4 aliphatic rings. The number of halogens is 1. The number of carbonyl (C=O) groups excluding carboxylic acids is 1. The van der Waals surface area contributed by atoms with E-state index in [1.54, 1.807) is 19.1 Å². The number of hydrogen-bond donors (Lipinski definition) is 2. The van der Waals surface area contributed by atoms with Crippen LogP contribution in [0, 0.1) is 34.4 Å². The zero-order valence-corrected chi connectivity index (χ0v) is 20.1. The molecular formula is C28H37FO4. The summed E-state index contributed by atoms with van der Waals surface area (Å²) in [5.41, 5.74) is 0.637. The van der Waals surface area contributed by atoms with Crippen LogP contribution in [0.1, 0.15) is 77.7 Å². The molecule has 0 spiro atoms. The minimum atomic E-state index is -1.20. The number of ketones is 1. The lowest BCUT2D eigenvalue weighted by Crippen LogP contribution is -2.57. The Kier molecular flexibility index (Phi) is 5.43. The maximum atomic E-state index is 13.2. The first-order chi connectivity index (χ1) is 15.5. The summed E-state index contributed by atoms with van der Waals surface area (Å²) >= 11 is 0. The van der Waals surface area contributed by atoms with E-state index in [1.807, 2.05) is 0 Å². The molecular weight excluding hydrogens is 419 g/mol. The molecule has 2 N–H and O–H groups in total. The minimum Gasteiger partial charge on any atom is -0.382 e. The Hall–Kier alpha value is -1.56. The van der Waals surface area contributed by atoms with Gasteiger partial charge in [0.25, 0.3) is 0 Å². The van der Waals surface area contributed by atoms with Gasteiger partial charge in [-0.25, -0.2) is 4.39 Å². The van der Waals surface area contributed by atoms with Crippen LogP contribution in [0.25, 0.3) is 0 Å². The maximum absolute atomic E-state index is 13.2. The summed E-state index contributed by atoms with van der Waals surface area (Å²) in [6.45, 7) is 6.31. The van der Waals surface area contributed by atoms with Gasteiger partial charge in [0.1, 0.15) is 11.4 Å². The largest absolute Gasteiger partial charge is 0.382 e. The summed E-state index contributed by atoms with van der Waals surface area (Å²) in [6, 6.07) is 6.22. The molecule has 0 aromatic heterocycles. The van der Waals surface area contributed by atoms with E-state index >= 15 is 0 Å². The molecule has 180 valence electrons. The van der Waals surface area contributed by atoms with Gasteiger partial charge in [-0.2, -0.15) is 0 Å². The maximum Gasteiger partial charge on any atom is 0.169 e. The lowest BCUT2D eigenvalue weighted by atomic mass is 9.46. The van der Waals surface area contributed by atoms with Gasteiger partial charge in [-0.1, -0.05) is 37.6 Å². The second-order valence-corrected chi connectivity index (χ2v) is 11.7. The quantitative estimate of drug-likeness (QED) is 0.476. The second kappa shape index (κ2) is 7.73. The highest BCUT2D eigenvalue weighted by atomic mass is 19.1. The predicted octanol–water partition coefficient (Wildman–Crippen LogP) is 5.31. The summed E-state index contributed by atoms with van der Waals surface area (Å²) < 4.78 is 19.2. The number of fused-ring (bicyclic) bond motifs is 5. The highest BCUT2D eigenvalue weighted by Gasteiger charge is 2.65. The number of carbonyl (C=O) groups is 1. The molecule has 5 heteroatoms. The number of rotatable bonds is 4. The molecule has 0 radical (unpaired) electrons. The fourth-order valence-electron chi connectivity index (χ4n) is 8.13. The Morgan fingerprint density at radius 3 is 2.45 bits per heavy atom. The van der Waals surface area contributed by atoms with Crippen LogP contribution < -0.4 is 0 Å². The number of benzene rings is 1. The molecule has 3 unspecified atom stereocenters. The molecule has 1 aromatic carbocycles. The van der Waals surface area contributed by atoms with Crippen LogP contribution in [-0.2, 0) is 16.1 Å². The molecule has 0 bridgehead atoms. The first kappa shape index (κ1) is 23.2. The topological polar surface area (TPSA) is 66.8 Å². The number of allylic oxidation sites excluding steroid dienone is 1. The van der Waals surface area contributed by atoms with Crippen molar-refractivity contribution in [2.24, 2.45) is 28.6 Å². The van der Waals surface area contributed by atoms with Gasteiger partial charge >= 0.3 is 0 Å². The average Bonchev–Trinajstić information content (AvgIpc) is 3.06. The van der Waals surface area contributed by atoms with Crippen LogP contribution in [0.5, 0.6) is 0 Å². The summed E-state index contributed by atoms with van der Waals surface area (Å²) in [6.07, 6.45) is 8.59. The van der Waals surface area contributed by atoms with Crippen molar-refractivity contribution in [1.82, 2.24) is 0 Å². The van der Waals surface area contributed by atoms with E-state index in [2.05, 4.69) is 19.9 Å². The highest BCUT2D eigenvalue weighted by Crippen LogP contribution is 2.67. The van der Waals surface area contributed by atoms with Crippen molar-refractivity contribution in [3.05, 3.63) is 47.3 Å². The molecule has 0 heterocycles. The van der Waals surface area contributed by atoms with E-state index in [4.69, 9.17) is 4.74 Å². The van der Waals surface area contributed by atoms with Gasteiger partial charge in [-0.15, -0.1) is 0 Å². The predicted molar refractivity (Wildman–Crippen MR) is 123 cm³/mol. The van der Waals surface area contributed by atoms with Crippen LogP contribution in [0.4, 0.5) is 4.39 Å². The summed E-state index contributed by atoms with van der Waals surface area (Å²) in [4.78, 5) is 12.4. The van der Waals surface area contributed by atoms with Crippen molar-refractivity contribution in [2.45, 2.75) is 90.1 Å². The van der Waals surface area contributed by atoms with E-state index < -0.39 is 11.4 Å². The zero-order valence-electron chi connectivity index (χ0n) is 20.1. The molecule has 4 nitrogen and oxygen atoms in total. The SMILES string of the molecule is CC(=O)[C@]1(O)CCC2C3CC=C4C[C@@](O)(OCc5ccc(F)cc5)CC[C@]4(C)C3CC[C@@]21C. The molecule has 0 saturated heterocycles. The second-order valence-electron chi connectivity index (χ2n) is 11.7. The van der Waals surface area contributed by atoms with Crippen molar-refractivity contribution in [2.75, 3.05) is 0 Å². The average molecular weight is 457 g/mol. The number of hydrogen-bond acceptors (Lipinski definition) is 4. The third-order valence-electron chi connectivity index (χ3n) is 10.3. The first-order valence-corrected chi connectivity index (χ1v) is 12.5. The van der Waals surface area contributed by atoms with Crippen molar-refractivity contribution < 1.29 is 24.1 Å². The molecule has 0 amide bonds. The van der Waals surface area contributed by atoms with Gasteiger partial charge in [0.2, 0.25) is 0 Å². The van der Waals surface area contributed by atoms with Gasteiger partial charge in [-0.05, 0) is 86.3 Å². The van der Waals surface area contributed by atoms with E-state index in [9.17, 15) is 19.4 Å². The standard InChI is InChI=1S/C28H37FO4/c1-18(30)28(32)13-11-24-22-9-6-20-16-27(31,33-17-19-4-7-21(29)8-5-19)15-14-25(20,2)23(22)10-12-26(24,28)3/h4-8,22-24,31-32H,9-17H2,1-3H3/t22?,23?,24?,25-,26-,27-,28+/m0/s1. The normalized spacial score (nSPS) is 44.4. The Morgan fingerprint density at radius 2 is 1.76 bits per heavy atom. The lowest BCUT2D eigenvalue weighted by molar-refractivity contribution is -0.232. The summed E-state index contributed by atoms with van der Waals surface area (Å²) in [7, 11) is 0. The third-order valence-corrected chi connectivity index (χ3v) is 10.3. The first-order valence-electron chi connectivity index (χ1n) is 12.5. The third kappa shape index (κ3) is 3.45. The van der Waals surface area contributed by atoms with E-state index in [1.165, 1.54) is 17.7 Å². The van der Waals surface area contributed by atoms with Crippen LogP contribution in [-0.4, -0.2) is 27.4 Å². The fraction of sp³-hybridized carbons (Fsp3) is 0.679. The monoisotopic (exact) mass is 456 g/mol. The van der Waals surface area contributed by atoms with Crippen molar-refractivity contribution in [3.8, 4) is 0 Å². The van der Waals surface area contributed by atoms with Crippen LogP contribution >= 0.6 is 0 Å². The van der Waals surface area contributed by atoms with E-state index in [0.29, 0.717) is 37.0 Å². The zero-order chi connectivity index (χ0) is 23.6. The Labute approximate surface area is 196 Å². The molecule has 1 aromatic rings. The minimum absolute atomic E-state index is 0.0205. The molecule has 33 heavy (non-hydrogen) atoms. The molecule has 5 rings (SSSR count). The number of Topliss-reactive ketones (excluding diaryl/α,β-unsaturated/α-hetero) is 1. The van der Waals surface area contributed by atoms with Gasteiger partial charge in [0.15, 0.2) is 11.6 Å². The van der Waals surface area contributed by atoms with Crippen molar-refractivity contribution in [3.63, 3.8) is 0 Å². The van der Waals surface area contributed by atoms with Gasteiger partial charge in [-0.3, -0.25) is 4.79 Å². The number of aliphatic hydroxyl groups is 2. The van der Waals surface area contributed by atoms with Gasteiger partial charge in [0.05, 0.1) is 6.61 Å². The van der Waals surface area contributed by atoms with Crippen LogP contribution in [0.15, 0.2) is 35.9 Å². The van der Waals surface area contributed by atoms with E-state index in [-0.39, 0.29) is 29.0 Å². The van der Waals surface area contributed by atoms with E-state index in [0.717, 1.165) is 37.7 Å². The smallest absolute Gasteiger partial charge is 0.169 e. The Bertz CT molecular complexity index is 973. The van der Waals surface area contributed by atoms with Crippen molar-refractivity contribution >= 4 is 5.78 Å². The number of ether oxygens (including phenoxy) is 1. The molecule has 3 saturated carbocycles. The highest BCUT2D eigenvalue weighted by molar-refractivity contribution is 5.86. The fourth-order valence-corrected chi connectivity index (χ4v) is 8.13. The molecule has 0 aliphatic heterocycles. The summed E-state index contributed by atoms with van der Waals surface area (Å²) in [5, 5.41) is 22.6. The van der Waals surface area contributed by atoms with Crippen LogP contribution in [0.2, 0.25) is 0 Å². The Morgan fingerprint density at radius 1 is 1.06 bits per heavy atom. The molecule has 3 fully saturated rings. The lowest BCUT2D eigenvalue weighted by Gasteiger charge is -2.59. The summed E-state index contributed by atoms with van der Waals surface area (Å²) in [5.74, 6) is -0.220. The van der Waals surface area contributed by atoms with Gasteiger partial charge < -0.3 is 14.9 Å². The molecule has 4 aliphatic carbocycles. The van der Waals surface area contributed by atoms with Crippen LogP contribution in [0.3, 0.4) is 0 Å². The van der Waals surface area contributed by atoms with Gasteiger partial charge in [0, 0.05) is 18.3 Å². The Balaban J connectivity index is 1.34. The molecule has 7 atom stereocenters. The van der Waals surface area contributed by atoms with Crippen molar-refractivity contribution in [1.29, 1.82) is 0 Å².